The first-order chi connectivity index (χ1) is 12.0. The summed E-state index contributed by atoms with van der Waals surface area (Å²) in [6.45, 7) is 8.51. The number of nitrogens with zero attached hydrogens (tertiary/aromatic N) is 1. The van der Waals surface area contributed by atoms with Crippen molar-refractivity contribution in [2.75, 3.05) is 11.4 Å². The molecule has 2 aliphatic heterocycles. The lowest BCUT2D eigenvalue weighted by Crippen LogP contribution is -2.47. The minimum Gasteiger partial charge on any atom is -0.347 e. The van der Waals surface area contributed by atoms with E-state index in [4.69, 9.17) is 4.74 Å². The number of para-hydroxylation sites is 1. The lowest BCUT2D eigenvalue weighted by molar-refractivity contribution is -0.0209. The van der Waals surface area contributed by atoms with Crippen LogP contribution < -0.4 is 4.90 Å². The molecule has 130 valence electrons. The zero-order valence-electron chi connectivity index (χ0n) is 15.5. The van der Waals surface area contributed by atoms with Crippen LogP contribution in [-0.2, 0) is 16.8 Å². The van der Waals surface area contributed by atoms with Gasteiger partial charge in [-0.25, -0.2) is 0 Å². The molecule has 0 amide bonds. The molecule has 1 fully saturated rings. The molecule has 2 aromatic rings. The lowest BCUT2D eigenvalue weighted by atomic mass is 9.86. The number of hydrogen-bond acceptors (Lipinski definition) is 2. The molecular weight excluding hydrogens is 306 g/mol. The van der Waals surface area contributed by atoms with E-state index in [-0.39, 0.29) is 11.1 Å². The van der Waals surface area contributed by atoms with Gasteiger partial charge in [0.25, 0.3) is 0 Å². The molecule has 0 N–H and O–H groups in total. The number of hydrogen-bond donors (Lipinski definition) is 0. The minimum absolute atomic E-state index is 0.194. The van der Waals surface area contributed by atoms with Gasteiger partial charge in [0.2, 0.25) is 0 Å². The second kappa shape index (κ2) is 6.03. The highest BCUT2D eigenvalue weighted by atomic mass is 16.5. The summed E-state index contributed by atoms with van der Waals surface area (Å²) in [6.07, 6.45) is 6.71. The number of ether oxygens (including phenoxy) is 1. The highest BCUT2D eigenvalue weighted by Gasteiger charge is 2.43. The third-order valence-corrected chi connectivity index (χ3v) is 5.45. The molecule has 4 rings (SSSR count). The zero-order valence-corrected chi connectivity index (χ0v) is 15.5. The van der Waals surface area contributed by atoms with Crippen LogP contribution in [0, 0.1) is 0 Å². The molecule has 2 nitrogen and oxygen atoms in total. The van der Waals surface area contributed by atoms with Gasteiger partial charge in [-0.05, 0) is 35.1 Å². The molecule has 0 aliphatic carbocycles. The summed E-state index contributed by atoms with van der Waals surface area (Å²) in [7, 11) is 0. The third-order valence-electron chi connectivity index (χ3n) is 5.45. The molecule has 0 saturated carbocycles. The number of rotatable bonds is 2. The maximum Gasteiger partial charge on any atom is 0.161 e. The Labute approximate surface area is 151 Å². The first kappa shape index (κ1) is 16.4. The van der Waals surface area contributed by atoms with Crippen molar-refractivity contribution < 1.29 is 4.74 Å². The van der Waals surface area contributed by atoms with Gasteiger partial charge >= 0.3 is 0 Å². The fraction of sp³-hybridized carbons (Fsp3) is 0.391. The van der Waals surface area contributed by atoms with E-state index in [0.717, 1.165) is 13.0 Å². The summed E-state index contributed by atoms with van der Waals surface area (Å²) in [4.78, 5) is 2.44. The molecule has 0 spiro atoms. The Bertz CT molecular complexity index is 784. The molecule has 1 saturated heterocycles. The first-order valence-corrected chi connectivity index (χ1v) is 9.27. The van der Waals surface area contributed by atoms with Gasteiger partial charge in [0.15, 0.2) is 5.72 Å². The Morgan fingerprint density at radius 2 is 1.80 bits per heavy atom. The van der Waals surface area contributed by atoms with E-state index in [1.807, 2.05) is 0 Å². The second-order valence-electron chi connectivity index (χ2n) is 8.22. The molecule has 2 heterocycles. The number of anilines is 1. The van der Waals surface area contributed by atoms with Crippen molar-refractivity contribution in [2.45, 2.75) is 51.4 Å². The van der Waals surface area contributed by atoms with E-state index >= 15 is 0 Å². The van der Waals surface area contributed by atoms with Crippen LogP contribution in [0.4, 0.5) is 5.69 Å². The Morgan fingerprint density at radius 3 is 2.56 bits per heavy atom. The highest BCUT2D eigenvalue weighted by molar-refractivity contribution is 5.61. The van der Waals surface area contributed by atoms with Crippen molar-refractivity contribution in [2.24, 2.45) is 0 Å². The van der Waals surface area contributed by atoms with E-state index in [1.54, 1.807) is 0 Å². The van der Waals surface area contributed by atoms with E-state index in [1.165, 1.54) is 28.8 Å². The van der Waals surface area contributed by atoms with Gasteiger partial charge in [0, 0.05) is 24.2 Å². The van der Waals surface area contributed by atoms with Gasteiger partial charge in [-0.2, -0.15) is 0 Å². The number of benzene rings is 2. The Hall–Kier alpha value is -2.06. The van der Waals surface area contributed by atoms with Crippen molar-refractivity contribution in [3.8, 4) is 0 Å². The average molecular weight is 333 g/mol. The van der Waals surface area contributed by atoms with Crippen molar-refractivity contribution in [1.29, 1.82) is 0 Å². The van der Waals surface area contributed by atoms with Crippen LogP contribution >= 0.6 is 0 Å². The molecule has 1 unspecified atom stereocenters. The van der Waals surface area contributed by atoms with Gasteiger partial charge in [-0.3, -0.25) is 0 Å². The summed E-state index contributed by atoms with van der Waals surface area (Å²) in [6, 6.07) is 17.5. The number of fused-ring (bicyclic) bond motifs is 3. The predicted molar refractivity (Wildman–Crippen MR) is 105 cm³/mol. The molecule has 2 aromatic carbocycles. The molecule has 0 radical (unpaired) electrons. The minimum atomic E-state index is -0.281. The largest absolute Gasteiger partial charge is 0.347 e. The van der Waals surface area contributed by atoms with Crippen molar-refractivity contribution in [3.63, 3.8) is 0 Å². The van der Waals surface area contributed by atoms with Gasteiger partial charge in [0.05, 0.1) is 6.61 Å². The normalized spacial score (nSPS) is 22.9. The fourth-order valence-electron chi connectivity index (χ4n) is 3.93. The first-order valence-electron chi connectivity index (χ1n) is 9.27. The topological polar surface area (TPSA) is 12.5 Å². The molecule has 1 atom stereocenters. The highest BCUT2D eigenvalue weighted by Crippen LogP contribution is 2.42. The van der Waals surface area contributed by atoms with E-state index in [0.29, 0.717) is 6.61 Å². The summed E-state index contributed by atoms with van der Waals surface area (Å²) < 4.78 is 6.35. The van der Waals surface area contributed by atoms with Crippen LogP contribution in [0.25, 0.3) is 6.08 Å². The fourth-order valence-corrected chi connectivity index (χ4v) is 3.93. The van der Waals surface area contributed by atoms with Crippen molar-refractivity contribution in [3.05, 3.63) is 71.3 Å². The second-order valence-corrected chi connectivity index (χ2v) is 8.22. The van der Waals surface area contributed by atoms with Crippen LogP contribution in [0.5, 0.6) is 0 Å². The maximum atomic E-state index is 6.35. The van der Waals surface area contributed by atoms with Crippen molar-refractivity contribution in [1.82, 2.24) is 0 Å². The molecule has 2 aliphatic rings. The predicted octanol–water partition coefficient (Wildman–Crippen LogP) is 5.52. The Morgan fingerprint density at radius 1 is 1.04 bits per heavy atom. The van der Waals surface area contributed by atoms with Crippen LogP contribution in [0.1, 0.15) is 50.3 Å². The summed E-state index contributed by atoms with van der Waals surface area (Å²) in [5, 5.41) is 0. The Kier molecular flexibility index (Phi) is 3.96. The summed E-state index contributed by atoms with van der Waals surface area (Å²) in [5.41, 5.74) is 5.14. The molecule has 25 heavy (non-hydrogen) atoms. The molecular formula is C23H27NO. The standard InChI is InChI=1S/C23H27NO/c1-22(2,3)20-11-9-18(10-12-20)13-15-23-14-6-16-24(23)21-8-5-4-7-19(21)17-25-23/h4-5,7-13,15H,6,14,16-17H2,1-3H3/b15-13+. The van der Waals surface area contributed by atoms with Crippen LogP contribution in [0.3, 0.4) is 0 Å². The smallest absolute Gasteiger partial charge is 0.161 e. The van der Waals surface area contributed by atoms with Crippen LogP contribution in [-0.4, -0.2) is 12.3 Å². The van der Waals surface area contributed by atoms with E-state index < -0.39 is 0 Å². The van der Waals surface area contributed by atoms with Gasteiger partial charge in [0.1, 0.15) is 0 Å². The SMILES string of the molecule is CC(C)(C)c1ccc(/C=C/C23CCCN2c2ccccc2CO3)cc1. The third kappa shape index (κ3) is 3.00. The quantitative estimate of drug-likeness (QED) is 0.717. The summed E-state index contributed by atoms with van der Waals surface area (Å²) in [5.74, 6) is 0. The molecule has 0 aromatic heterocycles. The van der Waals surface area contributed by atoms with E-state index in [2.05, 4.69) is 86.4 Å². The zero-order chi connectivity index (χ0) is 17.5. The van der Waals surface area contributed by atoms with E-state index in [9.17, 15) is 0 Å². The van der Waals surface area contributed by atoms with Gasteiger partial charge in [-0.15, -0.1) is 0 Å². The van der Waals surface area contributed by atoms with Crippen LogP contribution in [0.2, 0.25) is 0 Å². The summed E-state index contributed by atoms with van der Waals surface area (Å²) >= 11 is 0. The maximum absolute atomic E-state index is 6.35. The monoisotopic (exact) mass is 333 g/mol. The lowest BCUT2D eigenvalue weighted by Gasteiger charge is -2.42. The molecule has 2 heteroatoms. The van der Waals surface area contributed by atoms with Gasteiger partial charge < -0.3 is 9.64 Å². The van der Waals surface area contributed by atoms with Crippen LogP contribution in [0.15, 0.2) is 54.6 Å². The molecule has 0 bridgehead atoms. The average Bonchev–Trinajstić information content (AvgIpc) is 3.04. The Balaban J connectivity index is 1.60. The van der Waals surface area contributed by atoms with Crippen molar-refractivity contribution >= 4 is 11.8 Å². The van der Waals surface area contributed by atoms with Gasteiger partial charge in [-0.1, -0.05) is 69.3 Å².